The molecule has 0 aromatic heterocycles. The van der Waals surface area contributed by atoms with Crippen molar-refractivity contribution in [2.45, 2.75) is 25.8 Å². The predicted octanol–water partition coefficient (Wildman–Crippen LogP) is 5.63. The fourth-order valence-corrected chi connectivity index (χ4v) is 3.33. The van der Waals surface area contributed by atoms with Crippen LogP contribution in [0.2, 0.25) is 5.02 Å². The van der Waals surface area contributed by atoms with Gasteiger partial charge in [-0.1, -0.05) is 73.1 Å². The van der Waals surface area contributed by atoms with Crippen molar-refractivity contribution in [1.29, 1.82) is 0 Å². The van der Waals surface area contributed by atoms with Crippen LogP contribution in [0.1, 0.15) is 41.7 Å². The van der Waals surface area contributed by atoms with Crippen LogP contribution in [0.15, 0.2) is 78.9 Å². The van der Waals surface area contributed by atoms with Gasteiger partial charge < -0.3 is 15.4 Å². The second-order valence-corrected chi connectivity index (χ2v) is 7.42. The maximum Gasteiger partial charge on any atom is 0.253 e. The summed E-state index contributed by atoms with van der Waals surface area (Å²) in [5.41, 5.74) is 1.79. The van der Waals surface area contributed by atoms with Gasteiger partial charge >= 0.3 is 0 Å². The summed E-state index contributed by atoms with van der Waals surface area (Å²) in [4.78, 5) is 25.7. The first kappa shape index (κ1) is 22.4. The Labute approximate surface area is 187 Å². The van der Waals surface area contributed by atoms with E-state index in [2.05, 4.69) is 10.6 Å². The molecule has 0 aliphatic heterocycles. The van der Waals surface area contributed by atoms with Crippen LogP contribution in [0.25, 0.3) is 0 Å². The third-order valence-corrected chi connectivity index (χ3v) is 4.97. The normalized spacial score (nSPS) is 11.4. The van der Waals surface area contributed by atoms with Crippen LogP contribution in [0, 0.1) is 0 Å². The first-order valence-electron chi connectivity index (χ1n) is 10.2. The minimum Gasteiger partial charge on any atom is -0.491 e. The first-order valence-corrected chi connectivity index (χ1v) is 10.6. The van der Waals surface area contributed by atoms with Gasteiger partial charge in [-0.3, -0.25) is 9.59 Å². The Morgan fingerprint density at radius 1 is 0.935 bits per heavy atom. The zero-order chi connectivity index (χ0) is 22.1. The third-order valence-electron chi connectivity index (χ3n) is 4.64. The van der Waals surface area contributed by atoms with Gasteiger partial charge in [0.05, 0.1) is 35.3 Å². The van der Waals surface area contributed by atoms with Crippen molar-refractivity contribution in [2.24, 2.45) is 0 Å². The predicted molar refractivity (Wildman–Crippen MR) is 124 cm³/mol. The van der Waals surface area contributed by atoms with E-state index in [0.29, 0.717) is 28.6 Å². The molecule has 0 fully saturated rings. The van der Waals surface area contributed by atoms with Gasteiger partial charge in [0.1, 0.15) is 5.75 Å². The summed E-state index contributed by atoms with van der Waals surface area (Å²) in [6, 6.07) is 23.0. The van der Waals surface area contributed by atoms with Gasteiger partial charge in [0.15, 0.2) is 0 Å². The number of hydrogen-bond acceptors (Lipinski definition) is 3. The summed E-state index contributed by atoms with van der Waals surface area (Å²) in [5.74, 6) is 0.0499. The molecule has 31 heavy (non-hydrogen) atoms. The molecule has 2 amide bonds. The quantitative estimate of drug-likeness (QED) is 0.457. The lowest BCUT2D eigenvalue weighted by atomic mass is 10.0. The summed E-state index contributed by atoms with van der Waals surface area (Å²) in [6.07, 6.45) is 0.925. The van der Waals surface area contributed by atoms with Crippen molar-refractivity contribution in [3.8, 4) is 5.75 Å². The van der Waals surface area contributed by atoms with Crippen molar-refractivity contribution in [3.63, 3.8) is 0 Å². The molecule has 0 aliphatic rings. The van der Waals surface area contributed by atoms with Gasteiger partial charge in [-0.2, -0.15) is 0 Å². The maximum absolute atomic E-state index is 12.9. The molecule has 3 aromatic rings. The fraction of sp³-hybridized carbons (Fsp3) is 0.200. The molecular formula is C25H25ClN2O3. The number of hydrogen-bond donors (Lipinski definition) is 2. The highest BCUT2D eigenvalue weighted by Gasteiger charge is 2.21. The van der Waals surface area contributed by atoms with Gasteiger partial charge in [0.25, 0.3) is 5.91 Å². The lowest BCUT2D eigenvalue weighted by molar-refractivity contribution is -0.116. The first-order chi connectivity index (χ1) is 15.1. The minimum atomic E-state index is -0.520. The van der Waals surface area contributed by atoms with Crippen molar-refractivity contribution in [3.05, 3.63) is 95.0 Å². The van der Waals surface area contributed by atoms with Crippen LogP contribution in [0.4, 0.5) is 5.69 Å². The number of carbonyl (C=O) groups excluding carboxylic acids is 2. The highest BCUT2D eigenvalue weighted by Crippen LogP contribution is 2.26. The molecule has 0 saturated heterocycles. The number of para-hydroxylation sites is 2. The Kier molecular flexibility index (Phi) is 8.07. The Morgan fingerprint density at radius 3 is 2.35 bits per heavy atom. The number of ether oxygens (including phenoxy) is 1. The summed E-state index contributed by atoms with van der Waals surface area (Å²) in [5, 5.41) is 6.20. The van der Waals surface area contributed by atoms with Crippen LogP contribution in [0.5, 0.6) is 5.75 Å². The Bertz CT molecular complexity index is 1020. The van der Waals surface area contributed by atoms with Gasteiger partial charge in [-0.15, -0.1) is 0 Å². The van der Waals surface area contributed by atoms with Crippen molar-refractivity contribution >= 4 is 29.1 Å². The van der Waals surface area contributed by atoms with E-state index in [1.54, 1.807) is 30.3 Å². The number of amides is 2. The summed E-state index contributed by atoms with van der Waals surface area (Å²) < 4.78 is 5.71. The molecule has 0 aliphatic carbocycles. The second-order valence-electron chi connectivity index (χ2n) is 7.01. The number of halogens is 1. The number of nitrogens with one attached hydrogen (secondary N) is 2. The van der Waals surface area contributed by atoms with E-state index in [-0.39, 0.29) is 18.2 Å². The summed E-state index contributed by atoms with van der Waals surface area (Å²) in [7, 11) is 0. The van der Waals surface area contributed by atoms with Gasteiger partial charge in [-0.25, -0.2) is 0 Å². The molecular weight excluding hydrogens is 412 g/mol. The molecule has 5 nitrogen and oxygen atoms in total. The molecule has 3 rings (SSSR count). The highest BCUT2D eigenvalue weighted by atomic mass is 35.5. The SMILES string of the molecule is CCCOc1ccccc1NC(=O)CC(NC(=O)c1ccccc1Cl)c1ccccc1. The minimum absolute atomic E-state index is 0.0579. The van der Waals surface area contributed by atoms with Crippen LogP contribution < -0.4 is 15.4 Å². The fourth-order valence-electron chi connectivity index (χ4n) is 3.11. The third kappa shape index (κ3) is 6.33. The summed E-state index contributed by atoms with van der Waals surface area (Å²) >= 11 is 6.17. The van der Waals surface area contributed by atoms with Gasteiger partial charge in [0.2, 0.25) is 5.91 Å². The molecule has 6 heteroatoms. The van der Waals surface area contributed by atoms with Crippen LogP contribution in [0.3, 0.4) is 0 Å². The maximum atomic E-state index is 12.9. The van der Waals surface area contributed by atoms with E-state index in [9.17, 15) is 9.59 Å². The number of carbonyl (C=O) groups is 2. The molecule has 0 bridgehead atoms. The molecule has 0 heterocycles. The number of rotatable bonds is 9. The van der Waals surface area contributed by atoms with E-state index >= 15 is 0 Å². The van der Waals surface area contributed by atoms with E-state index in [1.807, 2.05) is 55.5 Å². The van der Waals surface area contributed by atoms with E-state index in [1.165, 1.54) is 0 Å². The molecule has 1 unspecified atom stereocenters. The van der Waals surface area contributed by atoms with E-state index in [0.717, 1.165) is 12.0 Å². The molecule has 160 valence electrons. The lowest BCUT2D eigenvalue weighted by Crippen LogP contribution is -2.31. The largest absolute Gasteiger partial charge is 0.491 e. The highest BCUT2D eigenvalue weighted by molar-refractivity contribution is 6.33. The van der Waals surface area contributed by atoms with E-state index in [4.69, 9.17) is 16.3 Å². The van der Waals surface area contributed by atoms with Crippen molar-refractivity contribution in [1.82, 2.24) is 5.32 Å². The van der Waals surface area contributed by atoms with E-state index < -0.39 is 6.04 Å². The monoisotopic (exact) mass is 436 g/mol. The topological polar surface area (TPSA) is 67.4 Å². The summed E-state index contributed by atoms with van der Waals surface area (Å²) in [6.45, 7) is 2.58. The zero-order valence-corrected chi connectivity index (χ0v) is 18.1. The van der Waals surface area contributed by atoms with Crippen molar-refractivity contribution in [2.75, 3.05) is 11.9 Å². The standard InChI is InChI=1S/C25H25ClN2O3/c1-2-16-31-23-15-9-8-14-21(23)27-24(29)17-22(18-10-4-3-5-11-18)28-25(30)19-12-6-7-13-20(19)26/h3-15,22H,2,16-17H2,1H3,(H,27,29)(H,28,30). The Balaban J connectivity index is 1.76. The van der Waals surface area contributed by atoms with Gasteiger partial charge in [0, 0.05) is 0 Å². The number of anilines is 1. The van der Waals surface area contributed by atoms with Crippen LogP contribution in [-0.4, -0.2) is 18.4 Å². The molecule has 1 atom stereocenters. The molecule has 3 aromatic carbocycles. The van der Waals surface area contributed by atoms with Crippen LogP contribution in [-0.2, 0) is 4.79 Å². The van der Waals surface area contributed by atoms with Crippen LogP contribution >= 0.6 is 11.6 Å². The lowest BCUT2D eigenvalue weighted by Gasteiger charge is -2.20. The zero-order valence-electron chi connectivity index (χ0n) is 17.3. The van der Waals surface area contributed by atoms with Gasteiger partial charge in [-0.05, 0) is 36.2 Å². The average Bonchev–Trinajstić information content (AvgIpc) is 2.79. The Hall–Kier alpha value is -3.31. The number of benzene rings is 3. The molecule has 2 N–H and O–H groups in total. The molecule has 0 saturated carbocycles. The second kappa shape index (κ2) is 11.2. The average molecular weight is 437 g/mol. The molecule has 0 spiro atoms. The smallest absolute Gasteiger partial charge is 0.253 e. The van der Waals surface area contributed by atoms with Crippen molar-refractivity contribution < 1.29 is 14.3 Å². The Morgan fingerprint density at radius 2 is 1.61 bits per heavy atom. The molecule has 0 radical (unpaired) electrons.